The van der Waals surface area contributed by atoms with Gasteiger partial charge in [-0.15, -0.1) is 0 Å². The Morgan fingerprint density at radius 2 is 1.57 bits per heavy atom. The maximum Gasteiger partial charge on any atom is 0.338 e. The zero-order chi connectivity index (χ0) is 20.1. The second-order valence-corrected chi connectivity index (χ2v) is 8.54. The van der Waals surface area contributed by atoms with Crippen molar-refractivity contribution in [3.8, 4) is 11.1 Å². The van der Waals surface area contributed by atoms with Gasteiger partial charge >= 0.3 is 5.97 Å². The standard InChI is InChI=1S/C21H18BrNO4S/c1-2-27-21(24)17-4-3-5-19(14-17)23-28(25,26)20-12-8-16(9-13-20)15-6-10-18(22)11-7-15/h3-14,23H,2H2,1H3. The lowest BCUT2D eigenvalue weighted by Crippen LogP contribution is -2.13. The molecule has 5 nitrogen and oxygen atoms in total. The molecule has 7 heteroatoms. The Morgan fingerprint density at radius 1 is 0.964 bits per heavy atom. The van der Waals surface area contributed by atoms with Crippen LogP contribution >= 0.6 is 15.9 Å². The summed E-state index contributed by atoms with van der Waals surface area (Å²) in [6.45, 7) is 1.96. The summed E-state index contributed by atoms with van der Waals surface area (Å²) in [4.78, 5) is 12.0. The molecule has 0 bridgehead atoms. The normalized spacial score (nSPS) is 11.1. The largest absolute Gasteiger partial charge is 0.462 e. The molecule has 0 aliphatic carbocycles. The first-order chi connectivity index (χ1) is 13.4. The van der Waals surface area contributed by atoms with Crippen LogP contribution in [-0.4, -0.2) is 21.0 Å². The van der Waals surface area contributed by atoms with E-state index in [1.807, 2.05) is 24.3 Å². The maximum absolute atomic E-state index is 12.7. The molecule has 144 valence electrons. The molecule has 3 aromatic rings. The summed E-state index contributed by atoms with van der Waals surface area (Å²) in [7, 11) is -3.78. The molecule has 3 aromatic carbocycles. The van der Waals surface area contributed by atoms with Gasteiger partial charge in [-0.25, -0.2) is 13.2 Å². The third-order valence-corrected chi connectivity index (χ3v) is 5.89. The fourth-order valence-corrected chi connectivity index (χ4v) is 3.92. The molecule has 1 N–H and O–H groups in total. The zero-order valence-corrected chi connectivity index (χ0v) is 17.5. The van der Waals surface area contributed by atoms with Gasteiger partial charge < -0.3 is 4.74 Å². The number of esters is 1. The molecule has 0 radical (unpaired) electrons. The third kappa shape index (κ3) is 4.79. The number of halogens is 1. The van der Waals surface area contributed by atoms with E-state index < -0.39 is 16.0 Å². The lowest BCUT2D eigenvalue weighted by molar-refractivity contribution is 0.0526. The van der Waals surface area contributed by atoms with E-state index in [0.717, 1.165) is 15.6 Å². The van der Waals surface area contributed by atoms with Gasteiger partial charge in [0.15, 0.2) is 0 Å². The molecular weight excluding hydrogens is 442 g/mol. The molecule has 3 rings (SSSR count). The Labute approximate surface area is 172 Å². The van der Waals surface area contributed by atoms with Gasteiger partial charge in [-0.1, -0.05) is 46.3 Å². The fraction of sp³-hybridized carbons (Fsp3) is 0.0952. The Balaban J connectivity index is 1.80. The van der Waals surface area contributed by atoms with Crippen LogP contribution < -0.4 is 4.72 Å². The number of hydrogen-bond acceptors (Lipinski definition) is 4. The lowest BCUT2D eigenvalue weighted by atomic mass is 10.1. The predicted molar refractivity (Wildman–Crippen MR) is 113 cm³/mol. The highest BCUT2D eigenvalue weighted by molar-refractivity contribution is 9.10. The number of nitrogens with one attached hydrogen (secondary N) is 1. The van der Waals surface area contributed by atoms with Crippen LogP contribution in [0.2, 0.25) is 0 Å². The molecule has 0 fully saturated rings. The van der Waals surface area contributed by atoms with E-state index in [2.05, 4.69) is 20.7 Å². The molecule has 0 amide bonds. The van der Waals surface area contributed by atoms with Crippen LogP contribution in [-0.2, 0) is 14.8 Å². The van der Waals surface area contributed by atoms with Crippen LogP contribution in [0.15, 0.2) is 82.2 Å². The number of ether oxygens (including phenoxy) is 1. The van der Waals surface area contributed by atoms with Gasteiger partial charge in [-0.05, 0) is 60.5 Å². The molecule has 28 heavy (non-hydrogen) atoms. The van der Waals surface area contributed by atoms with Crippen LogP contribution in [0, 0.1) is 0 Å². The number of hydrogen-bond donors (Lipinski definition) is 1. The van der Waals surface area contributed by atoms with Crippen molar-refractivity contribution in [1.82, 2.24) is 0 Å². The van der Waals surface area contributed by atoms with Gasteiger partial charge in [-0.3, -0.25) is 4.72 Å². The predicted octanol–water partition coefficient (Wildman–Crippen LogP) is 5.09. The first-order valence-corrected chi connectivity index (χ1v) is 10.8. The lowest BCUT2D eigenvalue weighted by Gasteiger charge is -2.10. The van der Waals surface area contributed by atoms with Gasteiger partial charge in [0.25, 0.3) is 10.0 Å². The van der Waals surface area contributed by atoms with Crippen molar-refractivity contribution >= 4 is 37.6 Å². The number of carbonyl (C=O) groups is 1. The summed E-state index contributed by atoms with van der Waals surface area (Å²) in [5, 5.41) is 0. The Kier molecular flexibility index (Phi) is 6.16. The summed E-state index contributed by atoms with van der Waals surface area (Å²) >= 11 is 3.39. The molecule has 0 saturated carbocycles. The van der Waals surface area contributed by atoms with E-state index in [1.165, 1.54) is 6.07 Å². The van der Waals surface area contributed by atoms with E-state index in [4.69, 9.17) is 4.74 Å². The highest BCUT2D eigenvalue weighted by Gasteiger charge is 2.15. The second kappa shape index (κ2) is 8.58. The molecule has 0 aliphatic rings. The SMILES string of the molecule is CCOC(=O)c1cccc(NS(=O)(=O)c2ccc(-c3ccc(Br)cc3)cc2)c1. The number of anilines is 1. The van der Waals surface area contributed by atoms with Gasteiger partial charge in [-0.2, -0.15) is 0 Å². The Morgan fingerprint density at radius 3 is 2.18 bits per heavy atom. The highest BCUT2D eigenvalue weighted by atomic mass is 79.9. The number of sulfonamides is 1. The van der Waals surface area contributed by atoms with Crippen LogP contribution in [0.1, 0.15) is 17.3 Å². The minimum absolute atomic E-state index is 0.134. The van der Waals surface area contributed by atoms with Crippen LogP contribution in [0.3, 0.4) is 0 Å². The van der Waals surface area contributed by atoms with Crippen LogP contribution in [0.25, 0.3) is 11.1 Å². The number of rotatable bonds is 6. The summed E-state index contributed by atoms with van der Waals surface area (Å²) in [6.07, 6.45) is 0. The molecule has 0 unspecified atom stereocenters. The third-order valence-electron chi connectivity index (χ3n) is 3.97. The van der Waals surface area contributed by atoms with Crippen molar-refractivity contribution in [3.63, 3.8) is 0 Å². The van der Waals surface area contributed by atoms with E-state index >= 15 is 0 Å². The van der Waals surface area contributed by atoms with Crippen molar-refractivity contribution in [1.29, 1.82) is 0 Å². The topological polar surface area (TPSA) is 72.5 Å². The van der Waals surface area contributed by atoms with Gasteiger partial charge in [0, 0.05) is 10.2 Å². The van der Waals surface area contributed by atoms with Gasteiger partial charge in [0.05, 0.1) is 17.1 Å². The van der Waals surface area contributed by atoms with Gasteiger partial charge in [0.1, 0.15) is 0 Å². The van der Waals surface area contributed by atoms with E-state index in [0.29, 0.717) is 5.69 Å². The molecule has 0 aromatic heterocycles. The summed E-state index contributed by atoms with van der Waals surface area (Å²) < 4.78 is 33.7. The summed E-state index contributed by atoms with van der Waals surface area (Å²) in [6, 6.07) is 20.6. The first kappa shape index (κ1) is 20.1. The Bertz CT molecular complexity index is 1080. The van der Waals surface area contributed by atoms with Crippen molar-refractivity contribution in [2.45, 2.75) is 11.8 Å². The average Bonchev–Trinajstić information content (AvgIpc) is 2.69. The molecule has 0 heterocycles. The fourth-order valence-electron chi connectivity index (χ4n) is 2.61. The quantitative estimate of drug-likeness (QED) is 0.520. The van der Waals surface area contributed by atoms with Crippen LogP contribution in [0.5, 0.6) is 0 Å². The number of carbonyl (C=O) groups excluding carboxylic acids is 1. The highest BCUT2D eigenvalue weighted by Crippen LogP contribution is 2.24. The minimum atomic E-state index is -3.78. The summed E-state index contributed by atoms with van der Waals surface area (Å²) in [5.41, 5.74) is 2.48. The molecule has 0 atom stereocenters. The zero-order valence-electron chi connectivity index (χ0n) is 15.1. The Hall–Kier alpha value is -2.64. The molecule has 0 spiro atoms. The minimum Gasteiger partial charge on any atom is -0.462 e. The second-order valence-electron chi connectivity index (χ2n) is 5.94. The van der Waals surface area contributed by atoms with E-state index in [9.17, 15) is 13.2 Å². The molecule has 0 aliphatic heterocycles. The average molecular weight is 460 g/mol. The smallest absolute Gasteiger partial charge is 0.338 e. The van der Waals surface area contributed by atoms with Gasteiger partial charge in [0.2, 0.25) is 0 Å². The van der Waals surface area contributed by atoms with Crippen molar-refractivity contribution < 1.29 is 17.9 Å². The van der Waals surface area contributed by atoms with Crippen molar-refractivity contribution in [2.75, 3.05) is 11.3 Å². The monoisotopic (exact) mass is 459 g/mol. The van der Waals surface area contributed by atoms with E-state index in [1.54, 1.807) is 49.4 Å². The molecule has 0 saturated heterocycles. The van der Waals surface area contributed by atoms with Crippen molar-refractivity contribution in [2.24, 2.45) is 0 Å². The van der Waals surface area contributed by atoms with Crippen LogP contribution in [0.4, 0.5) is 5.69 Å². The molecular formula is C21H18BrNO4S. The summed E-state index contributed by atoms with van der Waals surface area (Å²) in [5.74, 6) is -0.498. The van der Waals surface area contributed by atoms with Crippen molar-refractivity contribution in [3.05, 3.63) is 82.8 Å². The number of benzene rings is 3. The maximum atomic E-state index is 12.7. The van der Waals surface area contributed by atoms with E-state index in [-0.39, 0.29) is 17.1 Å². The first-order valence-electron chi connectivity index (χ1n) is 8.55.